The lowest BCUT2D eigenvalue weighted by atomic mass is 10.4. The minimum Gasteiger partial charge on any atom is -0.466 e. The Balaban J connectivity index is 2.45. The Bertz CT molecular complexity index is 966. The molecular weight excluding hydrogens is 367 g/mol. The van der Waals surface area contributed by atoms with Crippen LogP contribution in [-0.2, 0) is 9.53 Å². The maximum Gasteiger partial charge on any atom is 0.333 e. The van der Waals surface area contributed by atoms with Gasteiger partial charge in [-0.2, -0.15) is 5.26 Å². The Hall–Kier alpha value is -3.41. The van der Waals surface area contributed by atoms with Crippen molar-refractivity contribution < 1.29 is 9.53 Å². The van der Waals surface area contributed by atoms with Gasteiger partial charge in [-0.3, -0.25) is 0 Å². The minimum atomic E-state index is -2.57. The predicted molar refractivity (Wildman–Crippen MR) is 113 cm³/mol. The van der Waals surface area contributed by atoms with Gasteiger partial charge in [-0.25, -0.2) is 9.54 Å². The fraction of sp³-hybridized carbons (Fsp3) is 0.0435. The van der Waals surface area contributed by atoms with Crippen LogP contribution in [0.1, 0.15) is 0 Å². The predicted octanol–water partition coefficient (Wildman–Crippen LogP) is 3.74. The van der Waals surface area contributed by atoms with E-state index < -0.39 is 13.0 Å². The summed E-state index contributed by atoms with van der Waals surface area (Å²) < 4.78 is 9.64. The van der Waals surface area contributed by atoms with Crippen molar-refractivity contribution in [3.05, 3.63) is 103 Å². The van der Waals surface area contributed by atoms with Crippen molar-refractivity contribution in [3.63, 3.8) is 0 Å². The van der Waals surface area contributed by atoms with E-state index in [0.29, 0.717) is 0 Å². The SMILES string of the molecule is COC(=O)C=C(C#N)N=P(c1ccccc1)(c1ccccc1)c1ccccc1. The van der Waals surface area contributed by atoms with Crippen molar-refractivity contribution >= 4 is 28.9 Å². The number of hydrogen-bond acceptors (Lipinski definition) is 4. The summed E-state index contributed by atoms with van der Waals surface area (Å²) in [4.78, 5) is 11.8. The van der Waals surface area contributed by atoms with E-state index in [1.807, 2.05) is 91.0 Å². The summed E-state index contributed by atoms with van der Waals surface area (Å²) in [6.07, 6.45) is 1.14. The molecule has 0 spiro atoms. The number of rotatable bonds is 5. The lowest BCUT2D eigenvalue weighted by Crippen LogP contribution is -2.25. The second-order valence-electron chi connectivity index (χ2n) is 5.91. The molecule has 0 fully saturated rings. The van der Waals surface area contributed by atoms with Gasteiger partial charge in [0.05, 0.1) is 20.2 Å². The van der Waals surface area contributed by atoms with Crippen LogP contribution in [-0.4, -0.2) is 13.1 Å². The quantitative estimate of drug-likeness (QED) is 0.290. The second kappa shape index (κ2) is 8.99. The van der Waals surface area contributed by atoms with Crippen LogP contribution in [0, 0.1) is 11.3 Å². The number of esters is 1. The monoisotopic (exact) mass is 386 g/mol. The topological polar surface area (TPSA) is 62.5 Å². The average Bonchev–Trinajstić information content (AvgIpc) is 2.78. The van der Waals surface area contributed by atoms with Crippen LogP contribution >= 0.6 is 7.05 Å². The molecule has 0 N–H and O–H groups in total. The van der Waals surface area contributed by atoms with Crippen LogP contribution in [0.3, 0.4) is 0 Å². The van der Waals surface area contributed by atoms with E-state index in [4.69, 9.17) is 9.48 Å². The van der Waals surface area contributed by atoms with Crippen LogP contribution in [0.2, 0.25) is 0 Å². The summed E-state index contributed by atoms with van der Waals surface area (Å²) >= 11 is 0. The second-order valence-corrected chi connectivity index (χ2v) is 8.93. The molecule has 0 atom stereocenters. The van der Waals surface area contributed by atoms with Gasteiger partial charge < -0.3 is 4.74 Å². The Labute approximate surface area is 164 Å². The summed E-state index contributed by atoms with van der Waals surface area (Å²) in [6.45, 7) is 0. The smallest absolute Gasteiger partial charge is 0.333 e. The zero-order valence-corrected chi connectivity index (χ0v) is 16.3. The normalized spacial score (nSPS) is 11.4. The summed E-state index contributed by atoms with van der Waals surface area (Å²) in [7, 11) is -1.29. The van der Waals surface area contributed by atoms with Gasteiger partial charge in [0.1, 0.15) is 11.8 Å². The maximum absolute atomic E-state index is 11.8. The molecular formula is C23H19N2O2P. The van der Waals surface area contributed by atoms with Crippen LogP contribution in [0.5, 0.6) is 0 Å². The third-order valence-electron chi connectivity index (χ3n) is 4.22. The molecule has 0 unspecified atom stereocenters. The number of nitriles is 1. The Kier molecular flexibility index (Phi) is 6.22. The van der Waals surface area contributed by atoms with Gasteiger partial charge in [0.2, 0.25) is 0 Å². The van der Waals surface area contributed by atoms with E-state index in [-0.39, 0.29) is 5.70 Å². The number of methoxy groups -OCH3 is 1. The number of carbonyl (C=O) groups excluding carboxylic acids is 1. The summed E-state index contributed by atoms with van der Waals surface area (Å²) in [5.41, 5.74) is 0.0387. The third-order valence-corrected chi connectivity index (χ3v) is 7.87. The zero-order valence-electron chi connectivity index (χ0n) is 15.4. The first kappa shape index (κ1) is 19.4. The summed E-state index contributed by atoms with van der Waals surface area (Å²) in [6, 6.07) is 31.8. The molecule has 0 aliphatic carbocycles. The molecule has 138 valence electrons. The summed E-state index contributed by atoms with van der Waals surface area (Å²) in [5.74, 6) is -0.604. The van der Waals surface area contributed by atoms with Crippen molar-refractivity contribution in [2.45, 2.75) is 0 Å². The van der Waals surface area contributed by atoms with Crippen LogP contribution in [0.4, 0.5) is 0 Å². The molecule has 3 aromatic carbocycles. The Morgan fingerprint density at radius 2 is 1.25 bits per heavy atom. The molecule has 0 bridgehead atoms. The van der Waals surface area contributed by atoms with Crippen molar-refractivity contribution in [2.24, 2.45) is 4.74 Å². The fourth-order valence-electron chi connectivity index (χ4n) is 2.97. The van der Waals surface area contributed by atoms with Crippen LogP contribution < -0.4 is 15.9 Å². The highest BCUT2D eigenvalue weighted by Crippen LogP contribution is 2.47. The van der Waals surface area contributed by atoms with Crippen molar-refractivity contribution in [1.29, 1.82) is 5.26 Å². The molecule has 0 aliphatic rings. The number of hydrogen-bond donors (Lipinski definition) is 0. The standard InChI is InChI=1S/C23H19N2O2P/c1-27-23(26)17-19(18-24)25-28(20-11-5-2-6-12-20,21-13-7-3-8-14-21)22-15-9-4-10-16-22/h2-17H,1H3. The van der Waals surface area contributed by atoms with E-state index in [2.05, 4.69) is 6.07 Å². The molecule has 0 saturated heterocycles. The van der Waals surface area contributed by atoms with Crippen molar-refractivity contribution in [1.82, 2.24) is 0 Å². The molecule has 4 nitrogen and oxygen atoms in total. The van der Waals surface area contributed by atoms with Gasteiger partial charge in [-0.1, -0.05) is 91.0 Å². The highest BCUT2D eigenvalue weighted by Gasteiger charge is 2.27. The molecule has 5 heteroatoms. The number of carbonyl (C=O) groups is 1. The zero-order chi connectivity index (χ0) is 19.8. The first-order chi connectivity index (χ1) is 13.7. The number of allylic oxidation sites excluding steroid dienone is 1. The molecule has 3 aromatic rings. The van der Waals surface area contributed by atoms with E-state index >= 15 is 0 Å². The van der Waals surface area contributed by atoms with Crippen LogP contribution in [0.25, 0.3) is 0 Å². The van der Waals surface area contributed by atoms with Gasteiger partial charge in [-0.05, 0) is 0 Å². The van der Waals surface area contributed by atoms with Gasteiger partial charge in [-0.15, -0.1) is 0 Å². The Morgan fingerprint density at radius 1 is 0.857 bits per heavy atom. The third kappa shape index (κ3) is 3.96. The van der Waals surface area contributed by atoms with E-state index in [1.165, 1.54) is 7.11 Å². The highest BCUT2D eigenvalue weighted by molar-refractivity contribution is 7.87. The molecule has 0 aromatic heterocycles. The number of benzene rings is 3. The van der Waals surface area contributed by atoms with Gasteiger partial charge >= 0.3 is 5.97 Å². The first-order valence-electron chi connectivity index (χ1n) is 8.69. The van der Waals surface area contributed by atoms with E-state index in [1.54, 1.807) is 0 Å². The molecule has 3 rings (SSSR count). The number of nitrogens with zero attached hydrogens (tertiary/aromatic N) is 2. The van der Waals surface area contributed by atoms with E-state index in [9.17, 15) is 10.1 Å². The molecule has 0 heterocycles. The van der Waals surface area contributed by atoms with Gasteiger partial charge in [0, 0.05) is 15.9 Å². The summed E-state index contributed by atoms with van der Waals surface area (Å²) in [5, 5.41) is 12.7. The molecule has 0 radical (unpaired) electrons. The molecule has 0 amide bonds. The maximum atomic E-state index is 11.8. The number of ether oxygens (including phenoxy) is 1. The van der Waals surface area contributed by atoms with Crippen molar-refractivity contribution in [2.75, 3.05) is 7.11 Å². The lowest BCUT2D eigenvalue weighted by molar-refractivity contribution is -0.134. The van der Waals surface area contributed by atoms with Crippen molar-refractivity contribution in [3.8, 4) is 6.07 Å². The lowest BCUT2D eigenvalue weighted by Gasteiger charge is -2.26. The Morgan fingerprint density at radius 3 is 1.57 bits per heavy atom. The van der Waals surface area contributed by atoms with E-state index in [0.717, 1.165) is 22.0 Å². The van der Waals surface area contributed by atoms with Gasteiger partial charge in [0.25, 0.3) is 0 Å². The molecule has 0 saturated carbocycles. The molecule has 28 heavy (non-hydrogen) atoms. The molecule has 0 aliphatic heterocycles. The largest absolute Gasteiger partial charge is 0.466 e. The minimum absolute atomic E-state index is 0.0387. The fourth-order valence-corrected chi connectivity index (χ4v) is 6.44. The highest BCUT2D eigenvalue weighted by atomic mass is 31.2. The van der Waals surface area contributed by atoms with Gasteiger partial charge in [0.15, 0.2) is 0 Å². The van der Waals surface area contributed by atoms with Crippen LogP contribution in [0.15, 0.2) is 108 Å². The average molecular weight is 386 g/mol. The first-order valence-corrected chi connectivity index (χ1v) is 10.4.